The molecule has 0 unspecified atom stereocenters. The van der Waals surface area contributed by atoms with E-state index in [2.05, 4.69) is 25.1 Å². The van der Waals surface area contributed by atoms with E-state index in [0.717, 1.165) is 6.42 Å². The Bertz CT molecular complexity index is 153. The Morgan fingerprint density at radius 2 is 1.69 bits per heavy atom. The fourth-order valence-electron chi connectivity index (χ4n) is 1.25. The first-order valence-corrected chi connectivity index (χ1v) is 5.43. The van der Waals surface area contributed by atoms with Gasteiger partial charge in [-0.3, -0.25) is 0 Å². The highest BCUT2D eigenvalue weighted by atomic mass is 14.2. The molecule has 0 fully saturated rings. The van der Waals surface area contributed by atoms with Gasteiger partial charge in [-0.2, -0.15) is 5.26 Å². The summed E-state index contributed by atoms with van der Waals surface area (Å²) in [4.78, 5) is 0. The van der Waals surface area contributed by atoms with Crippen LogP contribution < -0.4 is 0 Å². The van der Waals surface area contributed by atoms with E-state index in [-0.39, 0.29) is 0 Å². The maximum absolute atomic E-state index is 8.28. The van der Waals surface area contributed by atoms with E-state index in [1.807, 2.05) is 0 Å². The average molecular weight is 179 g/mol. The Labute approximate surface area is 82.5 Å². The predicted molar refractivity (Wildman–Crippen MR) is 57.4 cm³/mol. The molecule has 0 bridgehead atoms. The van der Waals surface area contributed by atoms with Gasteiger partial charge in [0.05, 0.1) is 6.07 Å². The highest BCUT2D eigenvalue weighted by molar-refractivity contribution is 4.85. The van der Waals surface area contributed by atoms with Crippen LogP contribution in [0.4, 0.5) is 0 Å². The first-order chi connectivity index (χ1) is 6.41. The minimum atomic E-state index is 0.659. The Hall–Kier alpha value is -0.770. The molecule has 1 nitrogen and oxygen atoms in total. The van der Waals surface area contributed by atoms with Crippen LogP contribution in [0.1, 0.15) is 58.3 Å². The van der Waals surface area contributed by atoms with E-state index < -0.39 is 0 Å². The first kappa shape index (κ1) is 12.2. The third-order valence-corrected chi connectivity index (χ3v) is 2.06. The van der Waals surface area contributed by atoms with Crippen molar-refractivity contribution in [3.05, 3.63) is 12.2 Å². The molecule has 0 aromatic carbocycles. The molecule has 0 rings (SSSR count). The molecule has 0 aromatic heterocycles. The molecule has 0 spiro atoms. The molecule has 0 aromatic rings. The van der Waals surface area contributed by atoms with Crippen LogP contribution in [0.25, 0.3) is 0 Å². The van der Waals surface area contributed by atoms with Gasteiger partial charge < -0.3 is 0 Å². The monoisotopic (exact) mass is 179 g/mol. The van der Waals surface area contributed by atoms with E-state index in [4.69, 9.17) is 5.26 Å². The quantitative estimate of drug-likeness (QED) is 0.404. The van der Waals surface area contributed by atoms with E-state index in [1.165, 1.54) is 38.5 Å². The van der Waals surface area contributed by atoms with Crippen LogP contribution in [-0.2, 0) is 0 Å². The zero-order chi connectivity index (χ0) is 9.78. The molecule has 0 atom stereocenters. The van der Waals surface area contributed by atoms with E-state index in [1.54, 1.807) is 0 Å². The van der Waals surface area contributed by atoms with Gasteiger partial charge in [0.1, 0.15) is 0 Å². The van der Waals surface area contributed by atoms with Crippen molar-refractivity contribution in [2.75, 3.05) is 0 Å². The Morgan fingerprint density at radius 3 is 2.38 bits per heavy atom. The largest absolute Gasteiger partial charge is 0.198 e. The molecule has 0 heterocycles. The summed E-state index contributed by atoms with van der Waals surface area (Å²) in [7, 11) is 0. The molecule has 1 heteroatoms. The van der Waals surface area contributed by atoms with Gasteiger partial charge in [0.2, 0.25) is 0 Å². The topological polar surface area (TPSA) is 23.8 Å². The number of allylic oxidation sites excluding steroid dienone is 2. The number of hydrogen-bond acceptors (Lipinski definition) is 1. The van der Waals surface area contributed by atoms with Crippen LogP contribution in [0.3, 0.4) is 0 Å². The molecule has 0 N–H and O–H groups in total. The van der Waals surface area contributed by atoms with Crippen molar-refractivity contribution in [1.29, 1.82) is 5.26 Å². The molecule has 13 heavy (non-hydrogen) atoms. The fourth-order valence-corrected chi connectivity index (χ4v) is 1.25. The first-order valence-electron chi connectivity index (χ1n) is 5.43. The standard InChI is InChI=1S/C12H21N/c1-2-3-4-5-6-7-8-9-10-11-12-13/h8-9H,2-7,10-11H2,1H3. The molecule has 0 aliphatic carbocycles. The van der Waals surface area contributed by atoms with Crippen molar-refractivity contribution in [1.82, 2.24) is 0 Å². The Kier molecular flexibility index (Phi) is 10.6. The van der Waals surface area contributed by atoms with Gasteiger partial charge in [0.25, 0.3) is 0 Å². The van der Waals surface area contributed by atoms with Crippen LogP contribution in [0, 0.1) is 11.3 Å². The van der Waals surface area contributed by atoms with Crippen LogP contribution in [0.15, 0.2) is 12.2 Å². The highest BCUT2D eigenvalue weighted by Crippen LogP contribution is 2.05. The lowest BCUT2D eigenvalue weighted by molar-refractivity contribution is 0.637. The Morgan fingerprint density at radius 1 is 1.00 bits per heavy atom. The summed E-state index contributed by atoms with van der Waals surface area (Å²) < 4.78 is 0. The summed E-state index contributed by atoms with van der Waals surface area (Å²) in [5, 5.41) is 8.28. The number of unbranched alkanes of at least 4 members (excludes halogenated alkanes) is 6. The second kappa shape index (κ2) is 11.2. The van der Waals surface area contributed by atoms with Gasteiger partial charge >= 0.3 is 0 Å². The van der Waals surface area contributed by atoms with E-state index >= 15 is 0 Å². The summed E-state index contributed by atoms with van der Waals surface area (Å²) in [6, 6.07) is 2.14. The van der Waals surface area contributed by atoms with Gasteiger partial charge in [-0.05, 0) is 19.3 Å². The number of hydrogen-bond donors (Lipinski definition) is 0. The average Bonchev–Trinajstić information content (AvgIpc) is 2.16. The van der Waals surface area contributed by atoms with E-state index in [0.29, 0.717) is 6.42 Å². The third kappa shape index (κ3) is 11.2. The van der Waals surface area contributed by atoms with Gasteiger partial charge in [-0.25, -0.2) is 0 Å². The highest BCUT2D eigenvalue weighted by Gasteiger charge is 1.86. The molecule has 0 amide bonds. The summed E-state index contributed by atoms with van der Waals surface area (Å²) in [6.45, 7) is 2.24. The lowest BCUT2D eigenvalue weighted by Crippen LogP contribution is -1.75. The predicted octanol–water partition coefficient (Wildman–Crippen LogP) is 4.21. The van der Waals surface area contributed by atoms with Crippen molar-refractivity contribution in [3.63, 3.8) is 0 Å². The lowest BCUT2D eigenvalue weighted by Gasteiger charge is -1.95. The van der Waals surface area contributed by atoms with Crippen molar-refractivity contribution in [3.8, 4) is 6.07 Å². The molecule has 0 radical (unpaired) electrons. The number of nitriles is 1. The van der Waals surface area contributed by atoms with Crippen molar-refractivity contribution in [2.24, 2.45) is 0 Å². The molecular weight excluding hydrogens is 158 g/mol. The van der Waals surface area contributed by atoms with Gasteiger partial charge in [-0.1, -0.05) is 44.8 Å². The number of nitrogens with zero attached hydrogens (tertiary/aromatic N) is 1. The van der Waals surface area contributed by atoms with Crippen LogP contribution in [-0.4, -0.2) is 0 Å². The third-order valence-electron chi connectivity index (χ3n) is 2.06. The van der Waals surface area contributed by atoms with Crippen molar-refractivity contribution >= 4 is 0 Å². The van der Waals surface area contributed by atoms with Crippen LogP contribution in [0.2, 0.25) is 0 Å². The van der Waals surface area contributed by atoms with Crippen molar-refractivity contribution in [2.45, 2.75) is 58.3 Å². The summed E-state index contributed by atoms with van der Waals surface area (Å²) in [5.74, 6) is 0. The van der Waals surface area contributed by atoms with Gasteiger partial charge in [-0.15, -0.1) is 0 Å². The molecule has 0 saturated carbocycles. The second-order valence-corrected chi connectivity index (χ2v) is 3.37. The lowest BCUT2D eigenvalue weighted by atomic mass is 10.1. The van der Waals surface area contributed by atoms with E-state index in [9.17, 15) is 0 Å². The SMILES string of the molecule is CCCCCCCC=CCCC#N. The summed E-state index contributed by atoms with van der Waals surface area (Å²) >= 11 is 0. The molecular formula is C12H21N. The smallest absolute Gasteiger partial charge is 0.0624 e. The second-order valence-electron chi connectivity index (χ2n) is 3.37. The molecule has 0 aliphatic rings. The van der Waals surface area contributed by atoms with Crippen LogP contribution >= 0.6 is 0 Å². The summed E-state index contributed by atoms with van der Waals surface area (Å²) in [5.41, 5.74) is 0. The minimum absolute atomic E-state index is 0.659. The summed E-state index contributed by atoms with van der Waals surface area (Å²) in [6.07, 6.45) is 13.8. The van der Waals surface area contributed by atoms with Crippen LogP contribution in [0.5, 0.6) is 0 Å². The maximum atomic E-state index is 8.28. The normalized spacial score (nSPS) is 10.5. The maximum Gasteiger partial charge on any atom is 0.0624 e. The molecule has 74 valence electrons. The fraction of sp³-hybridized carbons (Fsp3) is 0.750. The Balaban J connectivity index is 2.98. The number of rotatable bonds is 8. The zero-order valence-electron chi connectivity index (χ0n) is 8.76. The minimum Gasteiger partial charge on any atom is -0.198 e. The zero-order valence-corrected chi connectivity index (χ0v) is 8.76. The van der Waals surface area contributed by atoms with Crippen molar-refractivity contribution < 1.29 is 0 Å². The van der Waals surface area contributed by atoms with Gasteiger partial charge in [0.15, 0.2) is 0 Å². The molecule has 0 aliphatic heterocycles. The van der Waals surface area contributed by atoms with Gasteiger partial charge in [0, 0.05) is 6.42 Å². The molecule has 0 saturated heterocycles.